The maximum atomic E-state index is 13.6. The Morgan fingerprint density at radius 1 is 0.944 bits per heavy atom. The standard InChI is InChI=1S/C28H23F4NO3/c1-17-7-13-25(33(17)24-6-4-5-22(18(24)2)27(34)35-3)23-15-20(28(30,31)32)10-14-26(23)36-16-19-8-11-21(29)12-9-19/h4-15H,16H2,1-3H3. The molecule has 0 N–H and O–H groups in total. The molecule has 0 aliphatic rings. The summed E-state index contributed by atoms with van der Waals surface area (Å²) in [4.78, 5) is 12.2. The van der Waals surface area contributed by atoms with Crippen LogP contribution in [0.15, 0.2) is 72.8 Å². The Hall–Kier alpha value is -4.07. The van der Waals surface area contributed by atoms with Crippen LogP contribution >= 0.6 is 0 Å². The van der Waals surface area contributed by atoms with Gasteiger partial charge in [0.15, 0.2) is 0 Å². The summed E-state index contributed by atoms with van der Waals surface area (Å²) >= 11 is 0. The first-order chi connectivity index (χ1) is 17.1. The predicted octanol–water partition coefficient (Wildman–Crippen LogP) is 7.28. The van der Waals surface area contributed by atoms with Crippen LogP contribution in [0.5, 0.6) is 5.75 Å². The van der Waals surface area contributed by atoms with E-state index in [1.165, 1.54) is 25.3 Å². The Morgan fingerprint density at radius 2 is 1.67 bits per heavy atom. The third-order valence-corrected chi connectivity index (χ3v) is 5.92. The molecule has 0 aliphatic carbocycles. The number of rotatable bonds is 6. The van der Waals surface area contributed by atoms with Crippen molar-refractivity contribution in [3.8, 4) is 22.7 Å². The van der Waals surface area contributed by atoms with Crippen LogP contribution in [0.25, 0.3) is 16.9 Å². The second-order valence-electron chi connectivity index (χ2n) is 8.26. The number of benzene rings is 3. The van der Waals surface area contributed by atoms with Crippen molar-refractivity contribution in [1.29, 1.82) is 0 Å². The minimum atomic E-state index is -4.56. The van der Waals surface area contributed by atoms with Crippen LogP contribution in [0.1, 0.15) is 32.7 Å². The zero-order valence-electron chi connectivity index (χ0n) is 19.8. The number of halogens is 4. The van der Waals surface area contributed by atoms with Gasteiger partial charge in [-0.2, -0.15) is 13.2 Å². The van der Waals surface area contributed by atoms with Crippen molar-refractivity contribution in [2.24, 2.45) is 0 Å². The number of ether oxygens (including phenoxy) is 2. The Bertz CT molecular complexity index is 1410. The summed E-state index contributed by atoms with van der Waals surface area (Å²) in [6.07, 6.45) is -4.56. The number of nitrogens with zero attached hydrogens (tertiary/aromatic N) is 1. The first-order valence-electron chi connectivity index (χ1n) is 11.1. The van der Waals surface area contributed by atoms with E-state index in [9.17, 15) is 22.4 Å². The van der Waals surface area contributed by atoms with E-state index in [0.717, 1.165) is 17.8 Å². The van der Waals surface area contributed by atoms with E-state index >= 15 is 0 Å². The van der Waals surface area contributed by atoms with Gasteiger partial charge in [0, 0.05) is 16.9 Å². The number of hydrogen-bond acceptors (Lipinski definition) is 3. The van der Waals surface area contributed by atoms with Gasteiger partial charge in [0.1, 0.15) is 18.2 Å². The van der Waals surface area contributed by atoms with Gasteiger partial charge in [0.25, 0.3) is 0 Å². The maximum absolute atomic E-state index is 13.6. The molecule has 8 heteroatoms. The molecule has 4 aromatic rings. The molecule has 36 heavy (non-hydrogen) atoms. The minimum Gasteiger partial charge on any atom is -0.488 e. The molecule has 0 aliphatic heterocycles. The van der Waals surface area contributed by atoms with Crippen LogP contribution < -0.4 is 4.74 Å². The Labute approximate surface area is 205 Å². The molecule has 0 spiro atoms. The number of aryl methyl sites for hydroxylation is 1. The molecule has 0 amide bonds. The molecule has 3 aromatic carbocycles. The average molecular weight is 497 g/mol. The lowest BCUT2D eigenvalue weighted by Gasteiger charge is -2.19. The van der Waals surface area contributed by atoms with Gasteiger partial charge in [0.2, 0.25) is 0 Å². The van der Waals surface area contributed by atoms with Gasteiger partial charge in [-0.25, -0.2) is 9.18 Å². The smallest absolute Gasteiger partial charge is 0.416 e. The van der Waals surface area contributed by atoms with E-state index in [2.05, 4.69) is 0 Å². The molecule has 4 rings (SSSR count). The first kappa shape index (κ1) is 25.0. The SMILES string of the molecule is COC(=O)c1cccc(-n2c(C)ccc2-c2cc(C(F)(F)F)ccc2OCc2ccc(F)cc2)c1C. The van der Waals surface area contributed by atoms with E-state index < -0.39 is 23.5 Å². The Morgan fingerprint density at radius 3 is 2.33 bits per heavy atom. The summed E-state index contributed by atoms with van der Waals surface area (Å²) in [6, 6.07) is 17.6. The lowest BCUT2D eigenvalue weighted by Crippen LogP contribution is -2.10. The van der Waals surface area contributed by atoms with Gasteiger partial charge in [-0.3, -0.25) is 0 Å². The third kappa shape index (κ3) is 4.98. The van der Waals surface area contributed by atoms with E-state index in [0.29, 0.717) is 28.1 Å². The molecule has 0 radical (unpaired) electrons. The number of aromatic nitrogens is 1. The lowest BCUT2D eigenvalue weighted by atomic mass is 10.0. The Balaban J connectivity index is 1.85. The number of carbonyl (C=O) groups excluding carboxylic acids is 1. The van der Waals surface area contributed by atoms with Crippen molar-refractivity contribution in [3.63, 3.8) is 0 Å². The molecule has 0 unspecified atom stereocenters. The molecule has 0 fully saturated rings. The molecule has 0 bridgehead atoms. The van der Waals surface area contributed by atoms with E-state index in [1.54, 1.807) is 54.0 Å². The van der Waals surface area contributed by atoms with Crippen LogP contribution in [0, 0.1) is 19.7 Å². The van der Waals surface area contributed by atoms with Crippen molar-refractivity contribution in [2.45, 2.75) is 26.6 Å². The summed E-state index contributed by atoms with van der Waals surface area (Å²) in [7, 11) is 1.29. The lowest BCUT2D eigenvalue weighted by molar-refractivity contribution is -0.137. The van der Waals surface area contributed by atoms with Crippen LogP contribution in [0.4, 0.5) is 17.6 Å². The highest BCUT2D eigenvalue weighted by atomic mass is 19.4. The third-order valence-electron chi connectivity index (χ3n) is 5.92. The molecular weight excluding hydrogens is 474 g/mol. The molecule has 0 atom stereocenters. The predicted molar refractivity (Wildman–Crippen MR) is 128 cm³/mol. The van der Waals surface area contributed by atoms with Gasteiger partial charge in [-0.15, -0.1) is 0 Å². The summed E-state index contributed by atoms with van der Waals surface area (Å²) in [5, 5.41) is 0. The molecule has 0 saturated carbocycles. The van der Waals surface area contributed by atoms with Crippen molar-refractivity contribution in [1.82, 2.24) is 4.57 Å². The van der Waals surface area contributed by atoms with Crippen LogP contribution in [0.2, 0.25) is 0 Å². The highest BCUT2D eigenvalue weighted by Crippen LogP contribution is 2.39. The largest absolute Gasteiger partial charge is 0.488 e. The highest BCUT2D eigenvalue weighted by Gasteiger charge is 2.32. The van der Waals surface area contributed by atoms with Gasteiger partial charge < -0.3 is 14.0 Å². The summed E-state index contributed by atoms with van der Waals surface area (Å²) in [5.74, 6) is -0.677. The van der Waals surface area contributed by atoms with Crippen molar-refractivity contribution in [3.05, 3.63) is 107 Å². The maximum Gasteiger partial charge on any atom is 0.416 e. The minimum absolute atomic E-state index is 0.0369. The quantitative estimate of drug-likeness (QED) is 0.208. The molecule has 1 heterocycles. The number of esters is 1. The first-order valence-corrected chi connectivity index (χ1v) is 11.1. The van der Waals surface area contributed by atoms with Crippen molar-refractivity contribution in [2.75, 3.05) is 7.11 Å². The monoisotopic (exact) mass is 497 g/mol. The number of carbonyl (C=O) groups is 1. The van der Waals surface area contributed by atoms with Crippen LogP contribution in [0.3, 0.4) is 0 Å². The van der Waals surface area contributed by atoms with Crippen molar-refractivity contribution < 1.29 is 31.8 Å². The fourth-order valence-electron chi connectivity index (χ4n) is 4.04. The number of methoxy groups -OCH3 is 1. The van der Waals surface area contributed by atoms with E-state index in [1.807, 2.05) is 6.92 Å². The highest BCUT2D eigenvalue weighted by molar-refractivity contribution is 5.92. The Kier molecular flexibility index (Phi) is 6.88. The molecule has 4 nitrogen and oxygen atoms in total. The fourth-order valence-corrected chi connectivity index (χ4v) is 4.04. The molecule has 0 saturated heterocycles. The van der Waals surface area contributed by atoms with Gasteiger partial charge in [-0.05, 0) is 79.6 Å². The summed E-state index contributed by atoms with van der Waals surface area (Å²) < 4.78 is 66.8. The number of hydrogen-bond donors (Lipinski definition) is 0. The average Bonchev–Trinajstić information content (AvgIpc) is 3.23. The fraction of sp³-hybridized carbons (Fsp3) is 0.179. The van der Waals surface area contributed by atoms with Gasteiger partial charge in [-0.1, -0.05) is 18.2 Å². The van der Waals surface area contributed by atoms with E-state index in [-0.39, 0.29) is 17.9 Å². The van der Waals surface area contributed by atoms with Gasteiger partial charge in [0.05, 0.1) is 23.9 Å². The zero-order chi connectivity index (χ0) is 26.0. The van der Waals surface area contributed by atoms with E-state index in [4.69, 9.17) is 9.47 Å². The molecule has 186 valence electrons. The van der Waals surface area contributed by atoms with Gasteiger partial charge >= 0.3 is 12.1 Å². The second-order valence-corrected chi connectivity index (χ2v) is 8.26. The zero-order valence-corrected chi connectivity index (χ0v) is 19.8. The second kappa shape index (κ2) is 9.89. The topological polar surface area (TPSA) is 40.5 Å². The molecule has 1 aromatic heterocycles. The van der Waals surface area contributed by atoms with Crippen molar-refractivity contribution >= 4 is 5.97 Å². The molecular formula is C28H23F4NO3. The summed E-state index contributed by atoms with van der Waals surface area (Å²) in [6.45, 7) is 3.61. The normalized spacial score (nSPS) is 11.4. The summed E-state index contributed by atoms with van der Waals surface area (Å²) in [5.41, 5.74) is 2.86. The van der Waals surface area contributed by atoms with Crippen LogP contribution in [-0.4, -0.2) is 17.6 Å². The van der Waals surface area contributed by atoms with Crippen LogP contribution in [-0.2, 0) is 17.5 Å². The number of alkyl halides is 3.